The third kappa shape index (κ3) is 8.91. The Labute approximate surface area is 230 Å². The van der Waals surface area contributed by atoms with Gasteiger partial charge in [0.05, 0.1) is 30.4 Å². The molecule has 0 saturated heterocycles. The van der Waals surface area contributed by atoms with Gasteiger partial charge < -0.3 is 35.4 Å². The van der Waals surface area contributed by atoms with Gasteiger partial charge in [0.2, 0.25) is 0 Å². The second-order valence-corrected chi connectivity index (χ2v) is 10.2. The minimum atomic E-state index is -0.537. The molecule has 0 aromatic heterocycles. The van der Waals surface area contributed by atoms with E-state index in [4.69, 9.17) is 9.47 Å². The number of urea groups is 1. The number of rotatable bonds is 6. The number of benzene rings is 2. The lowest BCUT2D eigenvalue weighted by molar-refractivity contribution is -0.000451. The Bertz CT molecular complexity index is 1080. The van der Waals surface area contributed by atoms with Gasteiger partial charge in [-0.15, -0.1) is 0 Å². The highest BCUT2D eigenvalue weighted by Crippen LogP contribution is 2.28. The molecule has 2 aromatic carbocycles. The standard InChI is InChI=1S/C29H41FN4O5/c1-19-17-34(20(2)18-35)28(36)25-15-24(33-29(37)32-23-10-8-22(30)9-11-23)12-13-26(25)39-21(3)7-5-6-14-38-27(19)16-31-4/h8-13,15,19-21,27,31,35H,5-7,14,16-18H2,1-4H3,(H2,32,33,37)/t19-,20+,21+,27+/m0/s1. The molecule has 39 heavy (non-hydrogen) atoms. The van der Waals surface area contributed by atoms with Gasteiger partial charge in [0.15, 0.2) is 0 Å². The second kappa shape index (κ2) is 14.8. The molecule has 0 spiro atoms. The molecule has 0 bridgehead atoms. The smallest absolute Gasteiger partial charge is 0.323 e. The summed E-state index contributed by atoms with van der Waals surface area (Å²) in [5.41, 5.74) is 1.10. The minimum Gasteiger partial charge on any atom is -0.490 e. The summed E-state index contributed by atoms with van der Waals surface area (Å²) >= 11 is 0. The van der Waals surface area contributed by atoms with E-state index in [0.29, 0.717) is 36.8 Å². The number of aliphatic hydroxyl groups is 1. The summed E-state index contributed by atoms with van der Waals surface area (Å²) in [6.45, 7) is 7.22. The Morgan fingerprint density at radius 2 is 1.82 bits per heavy atom. The van der Waals surface area contributed by atoms with E-state index < -0.39 is 17.9 Å². The molecule has 2 aromatic rings. The van der Waals surface area contributed by atoms with Crippen LogP contribution in [0.5, 0.6) is 5.75 Å². The van der Waals surface area contributed by atoms with Crippen LogP contribution in [-0.4, -0.2) is 73.5 Å². The number of amides is 3. The van der Waals surface area contributed by atoms with Crippen LogP contribution in [0.1, 0.15) is 50.4 Å². The molecular weight excluding hydrogens is 503 g/mol. The van der Waals surface area contributed by atoms with E-state index in [1.54, 1.807) is 30.0 Å². The summed E-state index contributed by atoms with van der Waals surface area (Å²) in [7, 11) is 1.87. The number of ether oxygens (including phenoxy) is 2. The highest BCUT2D eigenvalue weighted by Gasteiger charge is 2.29. The molecule has 214 valence electrons. The van der Waals surface area contributed by atoms with Crippen LogP contribution in [0.4, 0.5) is 20.6 Å². The predicted molar refractivity (Wildman–Crippen MR) is 150 cm³/mol. The summed E-state index contributed by atoms with van der Waals surface area (Å²) in [4.78, 5) is 28.2. The van der Waals surface area contributed by atoms with Gasteiger partial charge in [-0.1, -0.05) is 6.92 Å². The number of carbonyl (C=O) groups is 2. The van der Waals surface area contributed by atoms with Crippen molar-refractivity contribution in [3.05, 3.63) is 53.8 Å². The first-order valence-electron chi connectivity index (χ1n) is 13.5. The fraction of sp³-hybridized carbons (Fsp3) is 0.517. The monoisotopic (exact) mass is 544 g/mol. The fourth-order valence-electron chi connectivity index (χ4n) is 4.52. The van der Waals surface area contributed by atoms with Crippen molar-refractivity contribution >= 4 is 23.3 Å². The van der Waals surface area contributed by atoms with E-state index >= 15 is 0 Å². The van der Waals surface area contributed by atoms with Gasteiger partial charge in [-0.2, -0.15) is 0 Å². The van der Waals surface area contributed by atoms with Crippen molar-refractivity contribution in [1.29, 1.82) is 0 Å². The van der Waals surface area contributed by atoms with Gasteiger partial charge in [-0.25, -0.2) is 9.18 Å². The molecule has 1 aliphatic rings. The van der Waals surface area contributed by atoms with E-state index in [2.05, 4.69) is 16.0 Å². The third-order valence-electron chi connectivity index (χ3n) is 6.82. The maximum absolute atomic E-state index is 14.0. The van der Waals surface area contributed by atoms with Crippen LogP contribution in [0.15, 0.2) is 42.5 Å². The largest absolute Gasteiger partial charge is 0.490 e. The molecule has 1 aliphatic heterocycles. The molecule has 0 aliphatic carbocycles. The number of fused-ring (bicyclic) bond motifs is 1. The van der Waals surface area contributed by atoms with E-state index in [1.807, 2.05) is 20.9 Å². The van der Waals surface area contributed by atoms with Crippen LogP contribution >= 0.6 is 0 Å². The Kier molecular flexibility index (Phi) is 11.5. The average Bonchev–Trinajstić information content (AvgIpc) is 2.91. The maximum atomic E-state index is 14.0. The zero-order valence-corrected chi connectivity index (χ0v) is 23.2. The molecule has 9 nitrogen and oxygen atoms in total. The first kappa shape index (κ1) is 30.3. The van der Waals surface area contributed by atoms with Crippen LogP contribution in [0.3, 0.4) is 0 Å². The highest BCUT2D eigenvalue weighted by atomic mass is 19.1. The quantitative estimate of drug-likeness (QED) is 0.427. The lowest BCUT2D eigenvalue weighted by Gasteiger charge is -2.34. The van der Waals surface area contributed by atoms with Crippen molar-refractivity contribution in [3.8, 4) is 5.75 Å². The van der Waals surface area contributed by atoms with Crippen LogP contribution in [0.25, 0.3) is 0 Å². The number of anilines is 2. The van der Waals surface area contributed by atoms with Crippen LogP contribution in [0, 0.1) is 11.7 Å². The summed E-state index contributed by atoms with van der Waals surface area (Å²) in [5, 5.41) is 18.6. The van der Waals surface area contributed by atoms with Crippen molar-refractivity contribution in [1.82, 2.24) is 10.2 Å². The van der Waals surface area contributed by atoms with E-state index in [0.717, 1.165) is 19.3 Å². The molecule has 0 fully saturated rings. The first-order valence-corrected chi connectivity index (χ1v) is 13.5. The topological polar surface area (TPSA) is 112 Å². The normalized spacial score (nSPS) is 21.7. The van der Waals surface area contributed by atoms with Gasteiger partial charge in [0.25, 0.3) is 5.91 Å². The Balaban J connectivity index is 1.92. The molecule has 10 heteroatoms. The molecule has 0 saturated carbocycles. The van der Waals surface area contributed by atoms with Gasteiger partial charge in [0.1, 0.15) is 11.6 Å². The molecular formula is C29H41FN4O5. The average molecular weight is 545 g/mol. The Morgan fingerprint density at radius 3 is 2.51 bits per heavy atom. The summed E-state index contributed by atoms with van der Waals surface area (Å²) in [6, 6.07) is 9.37. The number of nitrogens with one attached hydrogen (secondary N) is 3. The van der Waals surface area contributed by atoms with Crippen molar-refractivity contribution < 1.29 is 28.6 Å². The van der Waals surface area contributed by atoms with Crippen LogP contribution < -0.4 is 20.7 Å². The number of carbonyl (C=O) groups excluding carboxylic acids is 2. The van der Waals surface area contributed by atoms with E-state index in [1.165, 1.54) is 24.3 Å². The van der Waals surface area contributed by atoms with Gasteiger partial charge >= 0.3 is 6.03 Å². The van der Waals surface area contributed by atoms with Gasteiger partial charge in [-0.05, 0) is 82.6 Å². The lowest BCUT2D eigenvalue weighted by Crippen LogP contribution is -2.47. The number of hydrogen-bond donors (Lipinski definition) is 4. The van der Waals surface area contributed by atoms with Gasteiger partial charge in [-0.3, -0.25) is 4.79 Å². The molecule has 1 heterocycles. The van der Waals surface area contributed by atoms with Crippen LogP contribution in [0.2, 0.25) is 0 Å². The van der Waals surface area contributed by atoms with E-state index in [9.17, 15) is 19.1 Å². The molecule has 0 unspecified atom stereocenters. The van der Waals surface area contributed by atoms with Gasteiger partial charge in [0, 0.05) is 37.0 Å². The molecule has 4 N–H and O–H groups in total. The van der Waals surface area contributed by atoms with Crippen molar-refractivity contribution in [2.75, 3.05) is 44.0 Å². The van der Waals surface area contributed by atoms with Crippen LogP contribution in [-0.2, 0) is 4.74 Å². The molecule has 3 amide bonds. The molecule has 4 atom stereocenters. The summed E-state index contributed by atoms with van der Waals surface area (Å²) < 4.78 is 25.6. The first-order chi connectivity index (χ1) is 18.7. The number of likely N-dealkylation sites (N-methyl/N-ethyl adjacent to an activating group) is 1. The molecule has 3 rings (SSSR count). The zero-order chi connectivity index (χ0) is 28.4. The van der Waals surface area contributed by atoms with E-state index in [-0.39, 0.29) is 36.2 Å². The lowest BCUT2D eigenvalue weighted by atomic mass is 10.0. The predicted octanol–water partition coefficient (Wildman–Crippen LogP) is 4.48. The minimum absolute atomic E-state index is 0.00979. The Morgan fingerprint density at radius 1 is 1.13 bits per heavy atom. The number of halogens is 1. The number of nitrogens with zero attached hydrogens (tertiary/aromatic N) is 1. The third-order valence-corrected chi connectivity index (χ3v) is 6.82. The zero-order valence-electron chi connectivity index (χ0n) is 23.2. The summed E-state index contributed by atoms with van der Waals surface area (Å²) in [5.74, 6) is -0.308. The molecule has 0 radical (unpaired) electrons. The van der Waals surface area contributed by atoms with Crippen molar-refractivity contribution in [3.63, 3.8) is 0 Å². The number of hydrogen-bond acceptors (Lipinski definition) is 6. The Hall–Kier alpha value is -3.21. The second-order valence-electron chi connectivity index (χ2n) is 10.2. The maximum Gasteiger partial charge on any atom is 0.323 e. The van der Waals surface area contributed by atoms with Crippen molar-refractivity contribution in [2.24, 2.45) is 5.92 Å². The highest BCUT2D eigenvalue weighted by molar-refractivity contribution is 6.02. The number of aliphatic hydroxyl groups excluding tert-OH is 1. The summed E-state index contributed by atoms with van der Waals surface area (Å²) in [6.07, 6.45) is 2.36. The SMILES string of the molecule is CNC[C@H]1OCCCC[C@@H](C)Oc2ccc(NC(=O)Nc3ccc(F)cc3)cc2C(=O)N([C@H](C)CO)C[C@@H]1C. The van der Waals surface area contributed by atoms with Crippen molar-refractivity contribution in [2.45, 2.75) is 58.3 Å². The fourth-order valence-corrected chi connectivity index (χ4v) is 4.52.